The highest BCUT2D eigenvalue weighted by Crippen LogP contribution is 2.17. The molecular formula is C11H14FNO2. The van der Waals surface area contributed by atoms with Crippen molar-refractivity contribution in [3.63, 3.8) is 0 Å². The third-order valence-electron chi connectivity index (χ3n) is 1.83. The van der Waals surface area contributed by atoms with Crippen LogP contribution < -0.4 is 5.32 Å². The molecule has 3 nitrogen and oxygen atoms in total. The minimum absolute atomic E-state index is 0.142. The Bertz CT molecular complexity index is 364. The lowest BCUT2D eigenvalue weighted by Gasteiger charge is -2.11. The third-order valence-corrected chi connectivity index (χ3v) is 1.83. The highest BCUT2D eigenvalue weighted by atomic mass is 19.1. The fourth-order valence-electron chi connectivity index (χ4n) is 1.19. The van der Waals surface area contributed by atoms with Crippen molar-refractivity contribution in [1.29, 1.82) is 0 Å². The van der Waals surface area contributed by atoms with E-state index in [1.165, 1.54) is 19.2 Å². The predicted octanol–water partition coefficient (Wildman–Crippen LogP) is 2.43. The molecule has 0 bridgehead atoms. The van der Waals surface area contributed by atoms with Crippen LogP contribution in [0.25, 0.3) is 0 Å². The lowest BCUT2D eigenvalue weighted by molar-refractivity contribution is 0.0600. The predicted molar refractivity (Wildman–Crippen MR) is 56.5 cm³/mol. The van der Waals surface area contributed by atoms with E-state index in [-0.39, 0.29) is 11.6 Å². The Balaban J connectivity index is 2.93. The molecule has 4 heteroatoms. The van der Waals surface area contributed by atoms with Gasteiger partial charge in [0, 0.05) is 6.04 Å². The fraction of sp³-hybridized carbons (Fsp3) is 0.364. The largest absolute Gasteiger partial charge is 0.465 e. The SMILES string of the molecule is COC(=O)c1ccc(NC(C)C)c(F)c1. The van der Waals surface area contributed by atoms with Crippen LogP contribution in [0.1, 0.15) is 24.2 Å². The van der Waals surface area contributed by atoms with Crippen LogP contribution in [0.2, 0.25) is 0 Å². The molecule has 0 atom stereocenters. The first-order valence-electron chi connectivity index (χ1n) is 4.69. The molecule has 0 saturated heterocycles. The van der Waals surface area contributed by atoms with Crippen LogP contribution in [0.5, 0.6) is 0 Å². The number of hydrogen-bond acceptors (Lipinski definition) is 3. The van der Waals surface area contributed by atoms with Gasteiger partial charge in [0.05, 0.1) is 18.4 Å². The summed E-state index contributed by atoms with van der Waals surface area (Å²) >= 11 is 0. The monoisotopic (exact) mass is 211 g/mol. The second-order valence-corrected chi connectivity index (χ2v) is 3.49. The Kier molecular flexibility index (Phi) is 3.66. The van der Waals surface area contributed by atoms with Crippen LogP contribution in [0.4, 0.5) is 10.1 Å². The summed E-state index contributed by atoms with van der Waals surface area (Å²) in [5, 5.41) is 2.93. The van der Waals surface area contributed by atoms with Gasteiger partial charge >= 0.3 is 5.97 Å². The van der Waals surface area contributed by atoms with Gasteiger partial charge in [0.15, 0.2) is 0 Å². The molecule has 0 aromatic heterocycles. The van der Waals surface area contributed by atoms with Crippen molar-refractivity contribution in [1.82, 2.24) is 0 Å². The number of anilines is 1. The Morgan fingerprint density at radius 2 is 2.13 bits per heavy atom. The van der Waals surface area contributed by atoms with Crippen molar-refractivity contribution >= 4 is 11.7 Å². The maximum atomic E-state index is 13.4. The maximum Gasteiger partial charge on any atom is 0.337 e. The number of carbonyl (C=O) groups is 1. The molecule has 1 N–H and O–H groups in total. The number of methoxy groups -OCH3 is 1. The van der Waals surface area contributed by atoms with Crippen molar-refractivity contribution < 1.29 is 13.9 Å². The summed E-state index contributed by atoms with van der Waals surface area (Å²) in [5.41, 5.74) is 0.599. The number of ether oxygens (including phenoxy) is 1. The first-order valence-corrected chi connectivity index (χ1v) is 4.69. The van der Waals surface area contributed by atoms with E-state index in [4.69, 9.17) is 0 Å². The van der Waals surface area contributed by atoms with Gasteiger partial charge in [-0.3, -0.25) is 0 Å². The van der Waals surface area contributed by atoms with Gasteiger partial charge in [-0.25, -0.2) is 9.18 Å². The molecule has 0 aliphatic carbocycles. The molecule has 1 rings (SSSR count). The second-order valence-electron chi connectivity index (χ2n) is 3.49. The topological polar surface area (TPSA) is 38.3 Å². The van der Waals surface area contributed by atoms with Crippen molar-refractivity contribution in [2.75, 3.05) is 12.4 Å². The highest BCUT2D eigenvalue weighted by Gasteiger charge is 2.09. The molecule has 15 heavy (non-hydrogen) atoms. The summed E-state index contributed by atoms with van der Waals surface area (Å²) in [7, 11) is 1.26. The van der Waals surface area contributed by atoms with Crippen LogP contribution in [0.3, 0.4) is 0 Å². The summed E-state index contributed by atoms with van der Waals surface area (Å²) in [5.74, 6) is -0.989. The van der Waals surface area contributed by atoms with E-state index in [2.05, 4.69) is 10.1 Å². The zero-order chi connectivity index (χ0) is 11.4. The molecule has 0 amide bonds. The molecule has 0 unspecified atom stereocenters. The number of nitrogens with one attached hydrogen (secondary N) is 1. The van der Waals surface area contributed by atoms with Crippen LogP contribution in [0, 0.1) is 5.82 Å². The quantitative estimate of drug-likeness (QED) is 0.780. The number of halogens is 1. The van der Waals surface area contributed by atoms with E-state index in [0.29, 0.717) is 5.69 Å². The van der Waals surface area contributed by atoms with Crippen molar-refractivity contribution in [2.24, 2.45) is 0 Å². The van der Waals surface area contributed by atoms with Crippen LogP contribution in [-0.4, -0.2) is 19.1 Å². The molecule has 0 spiro atoms. The van der Waals surface area contributed by atoms with Crippen LogP contribution in [-0.2, 0) is 4.74 Å². The van der Waals surface area contributed by atoms with Gasteiger partial charge in [-0.1, -0.05) is 0 Å². The standard InChI is InChI=1S/C11H14FNO2/c1-7(2)13-10-5-4-8(6-9(10)12)11(14)15-3/h4-7,13H,1-3H3. The van der Waals surface area contributed by atoms with E-state index < -0.39 is 11.8 Å². The molecule has 1 aromatic rings. The minimum atomic E-state index is -0.537. The zero-order valence-corrected chi connectivity index (χ0v) is 9.00. The number of esters is 1. The lowest BCUT2D eigenvalue weighted by Crippen LogP contribution is -2.11. The Morgan fingerprint density at radius 1 is 1.47 bits per heavy atom. The summed E-state index contributed by atoms with van der Waals surface area (Å²) in [6.07, 6.45) is 0. The Morgan fingerprint density at radius 3 is 2.60 bits per heavy atom. The molecular weight excluding hydrogens is 197 g/mol. The van der Waals surface area contributed by atoms with Gasteiger partial charge in [-0.2, -0.15) is 0 Å². The van der Waals surface area contributed by atoms with E-state index in [0.717, 1.165) is 6.07 Å². The molecule has 0 aliphatic heterocycles. The first kappa shape index (κ1) is 11.5. The maximum absolute atomic E-state index is 13.4. The average molecular weight is 211 g/mol. The molecule has 0 saturated carbocycles. The number of benzene rings is 1. The summed E-state index contributed by atoms with van der Waals surface area (Å²) in [4.78, 5) is 11.1. The van der Waals surface area contributed by atoms with Gasteiger partial charge in [0.1, 0.15) is 5.82 Å². The Labute approximate surface area is 88.2 Å². The van der Waals surface area contributed by atoms with E-state index in [1.54, 1.807) is 0 Å². The van der Waals surface area contributed by atoms with Crippen LogP contribution in [0.15, 0.2) is 18.2 Å². The normalized spacial score (nSPS) is 10.2. The summed E-state index contributed by atoms with van der Waals surface area (Å²) in [6, 6.07) is 4.36. The second kappa shape index (κ2) is 4.77. The van der Waals surface area contributed by atoms with Crippen molar-refractivity contribution in [3.05, 3.63) is 29.6 Å². The molecule has 0 heterocycles. The molecule has 82 valence electrons. The van der Waals surface area contributed by atoms with Gasteiger partial charge < -0.3 is 10.1 Å². The number of carbonyl (C=O) groups excluding carboxylic acids is 1. The fourth-order valence-corrected chi connectivity index (χ4v) is 1.19. The summed E-state index contributed by atoms with van der Waals surface area (Å²) in [6.45, 7) is 3.82. The van der Waals surface area contributed by atoms with Gasteiger partial charge in [-0.15, -0.1) is 0 Å². The van der Waals surface area contributed by atoms with Gasteiger partial charge in [0.25, 0.3) is 0 Å². The number of rotatable bonds is 3. The van der Waals surface area contributed by atoms with Gasteiger partial charge in [0.2, 0.25) is 0 Å². The zero-order valence-electron chi connectivity index (χ0n) is 9.00. The van der Waals surface area contributed by atoms with Crippen LogP contribution >= 0.6 is 0 Å². The van der Waals surface area contributed by atoms with E-state index in [1.807, 2.05) is 13.8 Å². The third kappa shape index (κ3) is 2.94. The lowest BCUT2D eigenvalue weighted by atomic mass is 10.2. The Hall–Kier alpha value is -1.58. The van der Waals surface area contributed by atoms with Gasteiger partial charge in [-0.05, 0) is 32.0 Å². The van der Waals surface area contributed by atoms with E-state index >= 15 is 0 Å². The van der Waals surface area contributed by atoms with E-state index in [9.17, 15) is 9.18 Å². The smallest absolute Gasteiger partial charge is 0.337 e. The molecule has 0 fully saturated rings. The summed E-state index contributed by atoms with van der Waals surface area (Å²) < 4.78 is 17.9. The molecule has 1 aromatic carbocycles. The average Bonchev–Trinajstić information content (AvgIpc) is 2.19. The molecule has 0 radical (unpaired) electrons. The highest BCUT2D eigenvalue weighted by molar-refractivity contribution is 5.89. The molecule has 0 aliphatic rings. The van der Waals surface area contributed by atoms with Crippen molar-refractivity contribution in [2.45, 2.75) is 19.9 Å². The minimum Gasteiger partial charge on any atom is -0.465 e. The first-order chi connectivity index (χ1) is 7.04. The van der Waals surface area contributed by atoms with Crippen molar-refractivity contribution in [3.8, 4) is 0 Å². The number of hydrogen-bond donors (Lipinski definition) is 1.